The Bertz CT molecular complexity index is 791. The fourth-order valence-electron chi connectivity index (χ4n) is 2.86. The normalized spacial score (nSPS) is 12.8. The maximum absolute atomic E-state index is 13.3. The second-order valence-corrected chi connectivity index (χ2v) is 5.27. The van der Waals surface area contributed by atoms with Crippen LogP contribution in [0.2, 0.25) is 0 Å². The zero-order valence-corrected chi connectivity index (χ0v) is 12.2. The Morgan fingerprint density at radius 3 is 2.67 bits per heavy atom. The first-order chi connectivity index (χ1) is 10.1. The van der Waals surface area contributed by atoms with Crippen molar-refractivity contribution in [1.29, 1.82) is 0 Å². The highest BCUT2D eigenvalue weighted by molar-refractivity contribution is 5.83. The van der Waals surface area contributed by atoms with Gasteiger partial charge in [0.15, 0.2) is 0 Å². The molecule has 0 radical (unpaired) electrons. The summed E-state index contributed by atoms with van der Waals surface area (Å²) < 4.78 is 19.2. The molecule has 1 aromatic heterocycles. The van der Waals surface area contributed by atoms with Crippen LogP contribution >= 0.6 is 0 Å². The van der Waals surface area contributed by atoms with Crippen molar-refractivity contribution in [2.45, 2.75) is 26.3 Å². The molecule has 3 aromatic rings. The molecule has 0 spiro atoms. The molecular weight excluding hydrogens is 265 g/mol. The fourth-order valence-corrected chi connectivity index (χ4v) is 2.86. The van der Waals surface area contributed by atoms with Crippen LogP contribution in [0, 0.1) is 12.7 Å². The Morgan fingerprint density at radius 2 is 1.95 bits per heavy atom. The summed E-state index contributed by atoms with van der Waals surface area (Å²) in [6.07, 6.45) is 0.776. The number of aryl methyl sites for hydroxylation is 2. The Labute approximate surface area is 123 Å². The number of hydrogen-bond donors (Lipinski definition) is 1. The summed E-state index contributed by atoms with van der Waals surface area (Å²) in [6, 6.07) is 12.3. The summed E-state index contributed by atoms with van der Waals surface area (Å²) >= 11 is 0. The molecule has 0 aliphatic carbocycles. The number of hydrogen-bond acceptors (Lipinski definition) is 2. The van der Waals surface area contributed by atoms with Gasteiger partial charge in [0.05, 0.1) is 6.04 Å². The van der Waals surface area contributed by atoms with Gasteiger partial charge in [-0.05, 0) is 36.2 Å². The van der Waals surface area contributed by atoms with Gasteiger partial charge in [0.25, 0.3) is 0 Å². The van der Waals surface area contributed by atoms with Crippen molar-refractivity contribution in [2.75, 3.05) is 0 Å². The first-order valence-corrected chi connectivity index (χ1v) is 7.13. The van der Waals surface area contributed by atoms with Crippen molar-refractivity contribution in [3.8, 4) is 0 Å². The van der Waals surface area contributed by atoms with Crippen molar-refractivity contribution in [1.82, 2.24) is 0 Å². The summed E-state index contributed by atoms with van der Waals surface area (Å²) in [5, 5.41) is 1.03. The average Bonchev–Trinajstić information content (AvgIpc) is 2.85. The molecule has 2 N–H and O–H groups in total. The molecule has 1 unspecified atom stereocenters. The minimum Gasteiger partial charge on any atom is -0.461 e. The molecule has 2 aromatic carbocycles. The molecule has 0 aliphatic heterocycles. The highest BCUT2D eigenvalue weighted by atomic mass is 19.1. The van der Waals surface area contributed by atoms with Crippen molar-refractivity contribution in [3.63, 3.8) is 0 Å². The molecule has 3 rings (SSSR count). The number of benzene rings is 2. The zero-order valence-electron chi connectivity index (χ0n) is 12.2. The van der Waals surface area contributed by atoms with Gasteiger partial charge < -0.3 is 10.2 Å². The second-order valence-electron chi connectivity index (χ2n) is 5.27. The minimum absolute atomic E-state index is 0.240. The standard InChI is InChI=1S/C18H18FNO/c1-3-15-17(14-6-4-5-7-16(14)21-15)18(20)13-9-8-12(19)10-11(13)2/h4-10,18H,3,20H2,1-2H3. The summed E-state index contributed by atoms with van der Waals surface area (Å²) in [6.45, 7) is 3.93. The summed E-state index contributed by atoms with van der Waals surface area (Å²) in [4.78, 5) is 0. The van der Waals surface area contributed by atoms with Gasteiger partial charge in [-0.15, -0.1) is 0 Å². The molecule has 2 nitrogen and oxygen atoms in total. The first-order valence-electron chi connectivity index (χ1n) is 7.13. The van der Waals surface area contributed by atoms with Crippen molar-refractivity contribution in [3.05, 3.63) is 70.7 Å². The third-order valence-corrected chi connectivity index (χ3v) is 3.91. The van der Waals surface area contributed by atoms with Crippen LogP contribution in [-0.4, -0.2) is 0 Å². The van der Waals surface area contributed by atoms with Crippen LogP contribution in [-0.2, 0) is 6.42 Å². The van der Waals surface area contributed by atoms with Gasteiger partial charge in [0.1, 0.15) is 17.2 Å². The molecule has 0 fully saturated rings. The summed E-state index contributed by atoms with van der Waals surface area (Å²) in [5.41, 5.74) is 10.1. The van der Waals surface area contributed by atoms with Crippen LogP contribution in [0.3, 0.4) is 0 Å². The number of rotatable bonds is 3. The Hall–Kier alpha value is -2.13. The smallest absolute Gasteiger partial charge is 0.134 e. The van der Waals surface area contributed by atoms with E-state index < -0.39 is 0 Å². The molecule has 1 heterocycles. The topological polar surface area (TPSA) is 39.2 Å². The van der Waals surface area contributed by atoms with E-state index >= 15 is 0 Å². The monoisotopic (exact) mass is 283 g/mol. The first kappa shape index (κ1) is 13.8. The van der Waals surface area contributed by atoms with E-state index in [4.69, 9.17) is 10.2 Å². The lowest BCUT2D eigenvalue weighted by Gasteiger charge is -2.15. The molecular formula is C18H18FNO. The van der Waals surface area contributed by atoms with Gasteiger partial charge in [-0.25, -0.2) is 4.39 Å². The van der Waals surface area contributed by atoms with Crippen LogP contribution in [0.25, 0.3) is 11.0 Å². The van der Waals surface area contributed by atoms with E-state index in [2.05, 4.69) is 0 Å². The van der Waals surface area contributed by atoms with Crippen LogP contribution in [0.4, 0.5) is 4.39 Å². The van der Waals surface area contributed by atoms with E-state index in [9.17, 15) is 4.39 Å². The molecule has 0 saturated heterocycles. The van der Waals surface area contributed by atoms with Crippen LogP contribution in [0.15, 0.2) is 46.9 Å². The van der Waals surface area contributed by atoms with Crippen LogP contribution in [0.5, 0.6) is 0 Å². The second kappa shape index (κ2) is 5.34. The van der Waals surface area contributed by atoms with Gasteiger partial charge in [0.2, 0.25) is 0 Å². The minimum atomic E-state index is -0.316. The van der Waals surface area contributed by atoms with E-state index in [1.54, 1.807) is 6.07 Å². The Morgan fingerprint density at radius 1 is 1.19 bits per heavy atom. The lowest BCUT2D eigenvalue weighted by molar-refractivity contribution is 0.546. The fraction of sp³-hybridized carbons (Fsp3) is 0.222. The summed E-state index contributed by atoms with van der Waals surface area (Å²) in [5.74, 6) is 0.656. The molecule has 3 heteroatoms. The van der Waals surface area contributed by atoms with Gasteiger partial charge in [-0.2, -0.15) is 0 Å². The van der Waals surface area contributed by atoms with Crippen LogP contribution < -0.4 is 5.73 Å². The highest BCUT2D eigenvalue weighted by Gasteiger charge is 2.21. The molecule has 0 amide bonds. The third-order valence-electron chi connectivity index (χ3n) is 3.91. The van der Waals surface area contributed by atoms with E-state index in [0.29, 0.717) is 0 Å². The average molecular weight is 283 g/mol. The molecule has 0 aliphatic rings. The maximum atomic E-state index is 13.3. The molecule has 0 bridgehead atoms. The molecule has 0 saturated carbocycles. The maximum Gasteiger partial charge on any atom is 0.134 e. The van der Waals surface area contributed by atoms with E-state index in [1.165, 1.54) is 12.1 Å². The number of furan rings is 1. The molecule has 1 atom stereocenters. The number of fused-ring (bicyclic) bond motifs is 1. The highest BCUT2D eigenvalue weighted by Crippen LogP contribution is 2.34. The predicted molar refractivity (Wildman–Crippen MR) is 82.8 cm³/mol. The molecule has 21 heavy (non-hydrogen) atoms. The Kier molecular flexibility index (Phi) is 3.52. The van der Waals surface area contributed by atoms with Gasteiger partial charge >= 0.3 is 0 Å². The predicted octanol–water partition coefficient (Wildman–Crippen LogP) is 4.49. The quantitative estimate of drug-likeness (QED) is 0.769. The van der Waals surface area contributed by atoms with Crippen molar-refractivity contribution in [2.24, 2.45) is 5.73 Å². The Balaban J connectivity index is 2.18. The number of nitrogens with two attached hydrogens (primary N) is 1. The van der Waals surface area contributed by atoms with E-state index in [1.807, 2.05) is 38.1 Å². The lowest BCUT2D eigenvalue weighted by Crippen LogP contribution is -2.14. The third kappa shape index (κ3) is 2.34. The molecule has 108 valence electrons. The summed E-state index contributed by atoms with van der Waals surface area (Å²) in [7, 11) is 0. The lowest BCUT2D eigenvalue weighted by atomic mass is 9.93. The van der Waals surface area contributed by atoms with Crippen LogP contribution in [0.1, 0.15) is 35.4 Å². The largest absolute Gasteiger partial charge is 0.461 e. The van der Waals surface area contributed by atoms with Gasteiger partial charge in [-0.1, -0.05) is 31.2 Å². The van der Waals surface area contributed by atoms with Gasteiger partial charge in [0, 0.05) is 17.4 Å². The SMILES string of the molecule is CCc1oc2ccccc2c1C(N)c1ccc(F)cc1C. The zero-order chi connectivity index (χ0) is 15.0. The number of halogens is 1. The number of para-hydroxylation sites is 1. The van der Waals surface area contributed by atoms with Crippen molar-refractivity contribution < 1.29 is 8.81 Å². The van der Waals surface area contributed by atoms with Gasteiger partial charge in [-0.3, -0.25) is 0 Å². The van der Waals surface area contributed by atoms with E-state index in [-0.39, 0.29) is 11.9 Å². The van der Waals surface area contributed by atoms with E-state index in [0.717, 1.165) is 39.8 Å². The van der Waals surface area contributed by atoms with Crippen molar-refractivity contribution >= 4 is 11.0 Å².